The van der Waals surface area contributed by atoms with E-state index >= 15 is 4.39 Å². The van der Waals surface area contributed by atoms with Crippen LogP contribution in [0, 0.1) is 11.7 Å². The number of fused-ring (bicyclic) bond motifs is 4. The van der Waals surface area contributed by atoms with E-state index in [4.69, 9.17) is 0 Å². The Balaban J connectivity index is 1.61. The predicted octanol–water partition coefficient (Wildman–Crippen LogP) is 6.61. The van der Waals surface area contributed by atoms with E-state index < -0.39 is 0 Å². The van der Waals surface area contributed by atoms with Gasteiger partial charge in [-0.1, -0.05) is 51.8 Å². The summed E-state index contributed by atoms with van der Waals surface area (Å²) in [5.74, 6) is 0.960. The number of aliphatic hydroxyl groups is 1. The topological polar surface area (TPSA) is 28.4 Å². The molecule has 0 bridgehead atoms. The molecular weight excluding hydrogens is 459 g/mol. The summed E-state index contributed by atoms with van der Waals surface area (Å²) < 4.78 is 18.2. The normalized spacial score (nSPS) is 22.8. The minimum absolute atomic E-state index is 0.0369. The van der Waals surface area contributed by atoms with Gasteiger partial charge in [0.15, 0.2) is 0 Å². The third-order valence-electron chi connectivity index (χ3n) is 9.49. The third kappa shape index (κ3) is 4.12. The van der Waals surface area contributed by atoms with Gasteiger partial charge < -0.3 is 9.67 Å². The van der Waals surface area contributed by atoms with E-state index in [-0.39, 0.29) is 23.4 Å². The van der Waals surface area contributed by atoms with Gasteiger partial charge in [0.25, 0.3) is 0 Å². The van der Waals surface area contributed by atoms with Crippen LogP contribution in [0.5, 0.6) is 0 Å². The van der Waals surface area contributed by atoms with Crippen LogP contribution < -0.4 is 10.6 Å². The van der Waals surface area contributed by atoms with Crippen LogP contribution in [0.15, 0.2) is 30.5 Å². The fourth-order valence-corrected chi connectivity index (χ4v) is 7.57. The first-order valence-corrected chi connectivity index (χ1v) is 14.6. The van der Waals surface area contributed by atoms with E-state index in [9.17, 15) is 5.11 Å². The maximum absolute atomic E-state index is 15.6. The van der Waals surface area contributed by atoms with Gasteiger partial charge in [-0.15, -0.1) is 0 Å². The lowest BCUT2D eigenvalue weighted by atomic mass is 9.80. The summed E-state index contributed by atoms with van der Waals surface area (Å²) in [6, 6.07) is 3.80. The van der Waals surface area contributed by atoms with Gasteiger partial charge >= 0.3 is 0 Å². The molecule has 0 spiro atoms. The van der Waals surface area contributed by atoms with Crippen molar-refractivity contribution in [3.8, 4) is 11.3 Å². The van der Waals surface area contributed by atoms with Gasteiger partial charge in [0.1, 0.15) is 5.82 Å². The van der Waals surface area contributed by atoms with Crippen molar-refractivity contribution in [1.29, 1.82) is 0 Å². The molecule has 4 heteroatoms. The van der Waals surface area contributed by atoms with Crippen LogP contribution in [-0.4, -0.2) is 34.2 Å². The van der Waals surface area contributed by atoms with Crippen LogP contribution in [0.25, 0.3) is 29.0 Å². The summed E-state index contributed by atoms with van der Waals surface area (Å²) in [5, 5.41) is 12.9. The Morgan fingerprint density at radius 3 is 2.57 bits per heavy atom. The number of allylic oxidation sites excluding steroid dienone is 2. The highest BCUT2D eigenvalue weighted by molar-refractivity contribution is 5.85. The van der Waals surface area contributed by atoms with Gasteiger partial charge in [0.05, 0.1) is 11.5 Å². The lowest BCUT2D eigenvalue weighted by Gasteiger charge is -2.27. The molecule has 2 atom stereocenters. The third-order valence-corrected chi connectivity index (χ3v) is 9.49. The Bertz CT molecular complexity index is 1370. The highest BCUT2D eigenvalue weighted by atomic mass is 19.1. The average Bonchev–Trinajstić information content (AvgIpc) is 3.42. The molecule has 0 saturated heterocycles. The lowest BCUT2D eigenvalue weighted by molar-refractivity contribution is 0.342. The van der Waals surface area contributed by atoms with Gasteiger partial charge in [-0.25, -0.2) is 4.39 Å². The van der Waals surface area contributed by atoms with E-state index in [1.165, 1.54) is 70.6 Å². The molecule has 196 valence electrons. The SMILES string of the molecule is C=C(O)C1C=c2c(c(C3CCCCC3)c3n2CCCC2C=C(CN(CC)CC)c4c(F)ccc-3c42)=CC1. The van der Waals surface area contributed by atoms with Crippen molar-refractivity contribution in [2.75, 3.05) is 19.6 Å². The number of rotatable bonds is 6. The smallest absolute Gasteiger partial charge is 0.131 e. The molecule has 1 saturated carbocycles. The quantitative estimate of drug-likeness (QED) is 0.452. The fraction of sp³-hybridized carbons (Fsp3) is 0.515. The van der Waals surface area contributed by atoms with E-state index in [0.29, 0.717) is 5.92 Å². The van der Waals surface area contributed by atoms with E-state index in [0.717, 1.165) is 51.0 Å². The van der Waals surface area contributed by atoms with Crippen LogP contribution >= 0.6 is 0 Å². The monoisotopic (exact) mass is 500 g/mol. The molecule has 1 N–H and O–H groups in total. The largest absolute Gasteiger partial charge is 0.512 e. The van der Waals surface area contributed by atoms with Gasteiger partial charge in [0, 0.05) is 41.4 Å². The number of aliphatic hydroxyl groups excluding tert-OH is 1. The summed E-state index contributed by atoms with van der Waals surface area (Å²) >= 11 is 0. The number of aromatic nitrogens is 1. The predicted molar refractivity (Wildman–Crippen MR) is 151 cm³/mol. The molecule has 6 rings (SSSR count). The van der Waals surface area contributed by atoms with Crippen LogP contribution in [0.1, 0.15) is 93.7 Å². The van der Waals surface area contributed by atoms with Crippen molar-refractivity contribution in [3.05, 3.63) is 63.6 Å². The molecule has 3 aliphatic carbocycles. The molecule has 2 heterocycles. The first-order valence-electron chi connectivity index (χ1n) is 14.6. The Morgan fingerprint density at radius 2 is 1.84 bits per heavy atom. The Kier molecular flexibility index (Phi) is 6.65. The minimum atomic E-state index is -0.0721. The molecule has 2 aromatic rings. The molecule has 0 radical (unpaired) electrons. The second kappa shape index (κ2) is 9.94. The zero-order valence-corrected chi connectivity index (χ0v) is 22.5. The Labute approximate surface area is 220 Å². The molecule has 37 heavy (non-hydrogen) atoms. The van der Waals surface area contributed by atoms with Crippen molar-refractivity contribution in [2.24, 2.45) is 5.92 Å². The number of hydrogen-bond acceptors (Lipinski definition) is 2. The number of halogens is 1. The summed E-state index contributed by atoms with van der Waals surface area (Å²) in [7, 11) is 0. The zero-order chi connectivity index (χ0) is 25.7. The molecule has 1 aromatic carbocycles. The van der Waals surface area contributed by atoms with Crippen molar-refractivity contribution >= 4 is 17.7 Å². The van der Waals surface area contributed by atoms with E-state index in [1.807, 2.05) is 0 Å². The van der Waals surface area contributed by atoms with Crippen molar-refractivity contribution in [1.82, 2.24) is 9.47 Å². The van der Waals surface area contributed by atoms with Crippen LogP contribution in [0.2, 0.25) is 0 Å². The standard InChI is InChI=1S/C33H41FN2O/c1-4-35(5-2)20-25-18-24-12-9-17-36-29-19-23(21(3)37)13-14-26(29)31(22-10-7-6-8-11-22)33(36)27-15-16-28(34)32(25)30(24)27/h14-16,18-19,22-24,37H,3-13,17,20H2,1-2H3. The number of hydrogen-bond donors (Lipinski definition) is 1. The maximum atomic E-state index is 15.6. The van der Waals surface area contributed by atoms with Crippen molar-refractivity contribution in [3.63, 3.8) is 0 Å². The van der Waals surface area contributed by atoms with Gasteiger partial charge in [-0.2, -0.15) is 0 Å². The summed E-state index contributed by atoms with van der Waals surface area (Å²) in [6.07, 6.45) is 16.2. The Morgan fingerprint density at radius 1 is 1.05 bits per heavy atom. The van der Waals surface area contributed by atoms with Crippen LogP contribution in [0.3, 0.4) is 0 Å². The van der Waals surface area contributed by atoms with Crippen molar-refractivity contribution < 1.29 is 9.50 Å². The first-order chi connectivity index (χ1) is 18.0. The molecule has 3 nitrogen and oxygen atoms in total. The summed E-state index contributed by atoms with van der Waals surface area (Å²) in [5.41, 5.74) is 7.31. The molecular formula is C33H41FN2O. The second-order valence-electron chi connectivity index (χ2n) is 11.5. The molecule has 1 aromatic heterocycles. The van der Waals surface area contributed by atoms with E-state index in [2.05, 4.69) is 54.2 Å². The highest BCUT2D eigenvalue weighted by Gasteiger charge is 2.35. The second-order valence-corrected chi connectivity index (χ2v) is 11.5. The number of likely N-dealkylation sites (N-methyl/N-ethyl adjacent to an activating group) is 1. The highest BCUT2D eigenvalue weighted by Crippen LogP contribution is 2.48. The maximum Gasteiger partial charge on any atom is 0.131 e. The lowest BCUT2D eigenvalue weighted by Crippen LogP contribution is -2.35. The fourth-order valence-electron chi connectivity index (χ4n) is 7.57. The average molecular weight is 501 g/mol. The minimum Gasteiger partial charge on any atom is -0.512 e. The molecule has 1 aliphatic heterocycles. The van der Waals surface area contributed by atoms with Crippen molar-refractivity contribution in [2.45, 2.75) is 83.6 Å². The van der Waals surface area contributed by atoms with Gasteiger partial charge in [-0.3, -0.25) is 4.90 Å². The molecule has 1 fully saturated rings. The first kappa shape index (κ1) is 24.7. The number of benzene rings is 1. The van der Waals surface area contributed by atoms with E-state index in [1.54, 1.807) is 6.07 Å². The summed E-state index contributed by atoms with van der Waals surface area (Å²) in [6.45, 7) is 11.9. The molecule has 2 unspecified atom stereocenters. The number of nitrogens with zero attached hydrogens (tertiary/aromatic N) is 2. The van der Waals surface area contributed by atoms with Crippen LogP contribution in [-0.2, 0) is 6.54 Å². The Hall–Kier alpha value is -2.59. The van der Waals surface area contributed by atoms with Crippen LogP contribution in [0.4, 0.5) is 4.39 Å². The van der Waals surface area contributed by atoms with Gasteiger partial charge in [0.2, 0.25) is 0 Å². The van der Waals surface area contributed by atoms with Gasteiger partial charge in [-0.05, 0) is 91.2 Å². The summed E-state index contributed by atoms with van der Waals surface area (Å²) in [4.78, 5) is 2.39. The molecule has 4 aliphatic rings. The zero-order valence-electron chi connectivity index (χ0n) is 22.5. The molecule has 0 amide bonds.